The van der Waals surface area contributed by atoms with Crippen LogP contribution in [0.4, 0.5) is 4.79 Å². The van der Waals surface area contributed by atoms with Gasteiger partial charge in [0.05, 0.1) is 32.4 Å². The summed E-state index contributed by atoms with van der Waals surface area (Å²) in [7, 11) is 3.23. The van der Waals surface area contributed by atoms with Crippen molar-refractivity contribution in [2.75, 3.05) is 14.2 Å². The first-order valence-electron chi connectivity index (χ1n) is 11.5. The minimum Gasteiger partial charge on any atom is -0.497 e. The van der Waals surface area contributed by atoms with E-state index in [4.69, 9.17) is 19.0 Å². The quantitative estimate of drug-likeness (QED) is 0.377. The predicted octanol–water partition coefficient (Wildman–Crippen LogP) is 5.45. The fraction of sp³-hybridized carbons (Fsp3) is 0.179. The summed E-state index contributed by atoms with van der Waals surface area (Å²) in [5.41, 5.74) is 4.04. The van der Waals surface area contributed by atoms with Crippen LogP contribution in [0.3, 0.4) is 0 Å². The number of para-hydroxylation sites is 1. The van der Waals surface area contributed by atoms with Gasteiger partial charge in [0.1, 0.15) is 11.5 Å². The average Bonchev–Trinajstić information content (AvgIpc) is 3.41. The molecule has 0 spiro atoms. The van der Waals surface area contributed by atoms with Gasteiger partial charge < -0.3 is 19.3 Å². The molecule has 0 saturated heterocycles. The summed E-state index contributed by atoms with van der Waals surface area (Å²) in [4.78, 5) is 19.7. The van der Waals surface area contributed by atoms with E-state index in [1.165, 1.54) is 0 Å². The minimum absolute atomic E-state index is 0.231. The highest BCUT2D eigenvalue weighted by molar-refractivity contribution is 5.87. The molecule has 182 valence electrons. The Morgan fingerprint density at radius 1 is 0.944 bits per heavy atom. The first kappa shape index (κ1) is 23.2. The molecule has 0 aliphatic carbocycles. The normalized spacial score (nSPS) is 15.6. The topological polar surface area (TPSA) is 89.7 Å². The molecule has 0 radical (unpaired) electrons. The van der Waals surface area contributed by atoms with Crippen molar-refractivity contribution in [2.24, 2.45) is 0 Å². The summed E-state index contributed by atoms with van der Waals surface area (Å²) in [5.74, 6) is 2.26. The predicted molar refractivity (Wildman–Crippen MR) is 135 cm³/mol. The average molecular weight is 483 g/mol. The molecule has 0 bridgehead atoms. The van der Waals surface area contributed by atoms with Gasteiger partial charge in [-0.3, -0.25) is 4.90 Å². The molecule has 0 saturated carbocycles. The van der Waals surface area contributed by atoms with Crippen molar-refractivity contribution in [2.45, 2.75) is 19.5 Å². The van der Waals surface area contributed by atoms with Crippen LogP contribution in [0.15, 0.2) is 89.1 Å². The molecule has 8 heteroatoms. The second kappa shape index (κ2) is 9.95. The van der Waals surface area contributed by atoms with Crippen LogP contribution in [0.25, 0.3) is 17.0 Å². The van der Waals surface area contributed by atoms with E-state index in [2.05, 4.69) is 10.5 Å². The standard InChI is InChI=1S/C28H26N4O4/c1-18-24(27-30-26(31-36-27)20-9-5-4-6-10-20)25(19-13-15-22(34-2)16-14-19)29-28(33)32(18)17-21-11-7-8-12-23(21)35-3/h4-16,25H,17H2,1-3H3,(H,29,33). The van der Waals surface area contributed by atoms with Crippen LogP contribution in [0.1, 0.15) is 30.0 Å². The number of hydrogen-bond donors (Lipinski definition) is 1. The summed E-state index contributed by atoms with van der Waals surface area (Å²) in [6, 6.07) is 24.1. The summed E-state index contributed by atoms with van der Waals surface area (Å²) in [6.07, 6.45) is 0. The molecule has 2 amide bonds. The number of carbonyl (C=O) groups is 1. The van der Waals surface area contributed by atoms with Crippen molar-refractivity contribution < 1.29 is 18.8 Å². The van der Waals surface area contributed by atoms with Gasteiger partial charge in [-0.05, 0) is 30.7 Å². The fourth-order valence-electron chi connectivity index (χ4n) is 4.34. The lowest BCUT2D eigenvalue weighted by Crippen LogP contribution is -2.45. The highest BCUT2D eigenvalue weighted by Crippen LogP contribution is 2.38. The lowest BCUT2D eigenvalue weighted by atomic mass is 9.94. The van der Waals surface area contributed by atoms with Crippen LogP contribution in [0.5, 0.6) is 11.5 Å². The SMILES string of the molecule is COc1ccc(C2NC(=O)N(Cc3ccccc3OC)C(C)=C2c2nc(-c3ccccc3)no2)cc1. The van der Waals surface area contributed by atoms with Gasteiger partial charge in [0.25, 0.3) is 5.89 Å². The lowest BCUT2D eigenvalue weighted by Gasteiger charge is -2.35. The third-order valence-corrected chi connectivity index (χ3v) is 6.25. The van der Waals surface area contributed by atoms with E-state index < -0.39 is 6.04 Å². The molecule has 1 unspecified atom stereocenters. The monoisotopic (exact) mass is 482 g/mol. The number of hydrogen-bond acceptors (Lipinski definition) is 6. The van der Waals surface area contributed by atoms with E-state index in [-0.39, 0.29) is 6.03 Å². The van der Waals surface area contributed by atoms with Crippen molar-refractivity contribution in [3.8, 4) is 22.9 Å². The van der Waals surface area contributed by atoms with E-state index in [1.807, 2.05) is 85.8 Å². The number of ether oxygens (including phenoxy) is 2. The number of nitrogens with one attached hydrogen (secondary N) is 1. The second-order valence-corrected chi connectivity index (χ2v) is 8.34. The molecule has 4 aromatic rings. The maximum atomic E-state index is 13.4. The van der Waals surface area contributed by atoms with Gasteiger partial charge in [0, 0.05) is 16.8 Å². The molecule has 36 heavy (non-hydrogen) atoms. The molecule has 0 fully saturated rings. The number of aromatic nitrogens is 2. The van der Waals surface area contributed by atoms with E-state index in [0.717, 1.165) is 28.0 Å². The van der Waals surface area contributed by atoms with Gasteiger partial charge in [-0.15, -0.1) is 0 Å². The van der Waals surface area contributed by atoms with Crippen molar-refractivity contribution in [1.29, 1.82) is 0 Å². The Hall–Kier alpha value is -4.59. The number of rotatable bonds is 7. The third-order valence-electron chi connectivity index (χ3n) is 6.25. The Morgan fingerprint density at radius 3 is 2.39 bits per heavy atom. The lowest BCUT2D eigenvalue weighted by molar-refractivity contribution is 0.202. The Morgan fingerprint density at radius 2 is 1.67 bits per heavy atom. The van der Waals surface area contributed by atoms with Crippen LogP contribution < -0.4 is 14.8 Å². The molecular formula is C28H26N4O4. The first-order valence-corrected chi connectivity index (χ1v) is 11.5. The fourth-order valence-corrected chi connectivity index (χ4v) is 4.34. The first-order chi connectivity index (χ1) is 17.6. The highest BCUT2D eigenvalue weighted by Gasteiger charge is 2.36. The van der Waals surface area contributed by atoms with Crippen LogP contribution in [-0.4, -0.2) is 35.3 Å². The van der Waals surface area contributed by atoms with E-state index in [0.29, 0.717) is 29.7 Å². The molecule has 1 aliphatic rings. The van der Waals surface area contributed by atoms with Crippen molar-refractivity contribution in [3.05, 3.63) is 102 Å². The van der Waals surface area contributed by atoms with Crippen LogP contribution in [-0.2, 0) is 6.54 Å². The Kier molecular flexibility index (Phi) is 6.40. The Bertz CT molecular complexity index is 1400. The number of carbonyl (C=O) groups excluding carboxylic acids is 1. The smallest absolute Gasteiger partial charge is 0.322 e. The molecule has 1 N–H and O–H groups in total. The zero-order valence-corrected chi connectivity index (χ0v) is 20.3. The van der Waals surface area contributed by atoms with Gasteiger partial charge in [0.2, 0.25) is 5.82 Å². The number of methoxy groups -OCH3 is 2. The maximum Gasteiger partial charge on any atom is 0.322 e. The third kappa shape index (κ3) is 4.40. The summed E-state index contributed by atoms with van der Waals surface area (Å²) in [5, 5.41) is 7.34. The van der Waals surface area contributed by atoms with Crippen LogP contribution >= 0.6 is 0 Å². The largest absolute Gasteiger partial charge is 0.497 e. The van der Waals surface area contributed by atoms with Gasteiger partial charge >= 0.3 is 6.03 Å². The number of benzene rings is 3. The van der Waals surface area contributed by atoms with Gasteiger partial charge in [-0.1, -0.05) is 65.8 Å². The number of urea groups is 1. The molecule has 8 nitrogen and oxygen atoms in total. The number of amides is 2. The minimum atomic E-state index is -0.485. The Balaban J connectivity index is 1.60. The maximum absolute atomic E-state index is 13.4. The zero-order chi connectivity index (χ0) is 25.1. The summed E-state index contributed by atoms with van der Waals surface area (Å²) >= 11 is 0. The molecule has 1 atom stereocenters. The van der Waals surface area contributed by atoms with Crippen LogP contribution in [0, 0.1) is 0 Å². The zero-order valence-electron chi connectivity index (χ0n) is 20.3. The van der Waals surface area contributed by atoms with Crippen molar-refractivity contribution in [1.82, 2.24) is 20.4 Å². The van der Waals surface area contributed by atoms with E-state index in [1.54, 1.807) is 19.1 Å². The second-order valence-electron chi connectivity index (χ2n) is 8.34. The van der Waals surface area contributed by atoms with Gasteiger partial charge in [0.15, 0.2) is 0 Å². The molecule has 1 aromatic heterocycles. The van der Waals surface area contributed by atoms with Crippen molar-refractivity contribution in [3.63, 3.8) is 0 Å². The summed E-state index contributed by atoms with van der Waals surface area (Å²) in [6.45, 7) is 2.21. The molecule has 1 aliphatic heterocycles. The van der Waals surface area contributed by atoms with Crippen LogP contribution in [0.2, 0.25) is 0 Å². The van der Waals surface area contributed by atoms with Gasteiger partial charge in [-0.25, -0.2) is 4.79 Å². The highest BCUT2D eigenvalue weighted by atomic mass is 16.5. The van der Waals surface area contributed by atoms with Gasteiger partial charge in [-0.2, -0.15) is 4.98 Å². The molecule has 5 rings (SSSR count). The number of allylic oxidation sites excluding steroid dienone is 1. The Labute approximate surface area is 209 Å². The molecule has 3 aromatic carbocycles. The van der Waals surface area contributed by atoms with E-state index >= 15 is 0 Å². The van der Waals surface area contributed by atoms with E-state index in [9.17, 15) is 4.79 Å². The number of nitrogens with zero attached hydrogens (tertiary/aromatic N) is 3. The molecule has 2 heterocycles. The molecular weight excluding hydrogens is 456 g/mol. The van der Waals surface area contributed by atoms with Crippen molar-refractivity contribution >= 4 is 11.6 Å². The summed E-state index contributed by atoms with van der Waals surface area (Å²) < 4.78 is 16.6.